The van der Waals surface area contributed by atoms with Crippen molar-refractivity contribution < 1.29 is 9.21 Å². The summed E-state index contributed by atoms with van der Waals surface area (Å²) in [6.07, 6.45) is 0.116. The van der Waals surface area contributed by atoms with E-state index >= 15 is 0 Å². The Hall–Kier alpha value is -2.90. The Kier molecular flexibility index (Phi) is 5.02. The topological polar surface area (TPSA) is 68.3 Å². The first-order chi connectivity index (χ1) is 13.5. The molecule has 1 amide bonds. The molecule has 2 heterocycles. The SMILES string of the molecule is Cc1csc(N(C(=O)CCn2c(=O)oc3cc(Cl)ccc32)c2ccccc2)n1. The Morgan fingerprint density at radius 2 is 2.04 bits per heavy atom. The molecular weight excluding hydrogens is 398 g/mol. The Balaban J connectivity index is 1.62. The van der Waals surface area contributed by atoms with Gasteiger partial charge in [-0.2, -0.15) is 0 Å². The van der Waals surface area contributed by atoms with Crippen molar-refractivity contribution in [2.45, 2.75) is 19.9 Å². The predicted octanol–water partition coefficient (Wildman–Crippen LogP) is 4.77. The van der Waals surface area contributed by atoms with Crippen LogP contribution >= 0.6 is 22.9 Å². The zero-order valence-electron chi connectivity index (χ0n) is 15.0. The third kappa shape index (κ3) is 3.58. The minimum atomic E-state index is -0.513. The number of halogens is 1. The highest BCUT2D eigenvalue weighted by Crippen LogP contribution is 2.29. The molecule has 8 heteroatoms. The summed E-state index contributed by atoms with van der Waals surface area (Å²) in [5.74, 6) is -0.669. The van der Waals surface area contributed by atoms with E-state index in [-0.39, 0.29) is 18.9 Å². The number of benzene rings is 2. The van der Waals surface area contributed by atoms with Crippen LogP contribution in [0, 0.1) is 6.92 Å². The fourth-order valence-corrected chi connectivity index (χ4v) is 3.95. The van der Waals surface area contributed by atoms with Crippen molar-refractivity contribution in [1.82, 2.24) is 9.55 Å². The largest absolute Gasteiger partial charge is 0.419 e. The van der Waals surface area contributed by atoms with E-state index < -0.39 is 5.76 Å². The van der Waals surface area contributed by atoms with E-state index in [1.807, 2.05) is 42.6 Å². The molecule has 2 aromatic carbocycles. The maximum atomic E-state index is 13.1. The number of hydrogen-bond donors (Lipinski definition) is 0. The van der Waals surface area contributed by atoms with Gasteiger partial charge in [0.15, 0.2) is 10.7 Å². The van der Waals surface area contributed by atoms with Crippen molar-refractivity contribution in [2.24, 2.45) is 0 Å². The quantitative estimate of drug-likeness (QED) is 0.472. The van der Waals surface area contributed by atoms with E-state index in [0.717, 1.165) is 11.4 Å². The molecular formula is C20H16ClN3O3S. The average molecular weight is 414 g/mol. The second-order valence-electron chi connectivity index (χ2n) is 6.22. The van der Waals surface area contributed by atoms with Crippen LogP contribution in [0.2, 0.25) is 5.02 Å². The molecule has 4 rings (SSSR count). The summed E-state index contributed by atoms with van der Waals surface area (Å²) in [5, 5.41) is 2.99. The molecule has 0 saturated heterocycles. The van der Waals surface area contributed by atoms with Crippen molar-refractivity contribution in [1.29, 1.82) is 0 Å². The molecule has 142 valence electrons. The van der Waals surface area contributed by atoms with Crippen molar-refractivity contribution in [3.05, 3.63) is 75.2 Å². The molecule has 6 nitrogen and oxygen atoms in total. The first-order valence-corrected chi connectivity index (χ1v) is 9.88. The Morgan fingerprint density at radius 3 is 2.75 bits per heavy atom. The maximum Gasteiger partial charge on any atom is 0.419 e. The number of oxazole rings is 1. The summed E-state index contributed by atoms with van der Waals surface area (Å²) >= 11 is 7.35. The Labute approximate surface area is 169 Å². The molecule has 0 unspecified atom stereocenters. The van der Waals surface area contributed by atoms with Gasteiger partial charge in [0, 0.05) is 29.4 Å². The van der Waals surface area contributed by atoms with Crippen molar-refractivity contribution in [2.75, 3.05) is 4.90 Å². The highest BCUT2D eigenvalue weighted by molar-refractivity contribution is 7.14. The van der Waals surface area contributed by atoms with Crippen LogP contribution in [0.25, 0.3) is 11.1 Å². The van der Waals surface area contributed by atoms with Crippen LogP contribution in [0.5, 0.6) is 0 Å². The lowest BCUT2D eigenvalue weighted by Gasteiger charge is -2.20. The van der Waals surface area contributed by atoms with Gasteiger partial charge in [-0.1, -0.05) is 29.8 Å². The number of carbonyl (C=O) groups is 1. The number of aryl methyl sites for hydroxylation is 2. The van der Waals surface area contributed by atoms with Crippen LogP contribution in [0.3, 0.4) is 0 Å². The molecule has 0 saturated carbocycles. The summed E-state index contributed by atoms with van der Waals surface area (Å²) in [6, 6.07) is 14.3. The van der Waals surface area contributed by atoms with Crippen molar-refractivity contribution in [3.63, 3.8) is 0 Å². The number of nitrogens with zero attached hydrogens (tertiary/aromatic N) is 3. The zero-order valence-corrected chi connectivity index (χ0v) is 16.5. The summed E-state index contributed by atoms with van der Waals surface area (Å²) in [7, 11) is 0. The number of anilines is 2. The monoisotopic (exact) mass is 413 g/mol. The fraction of sp³-hybridized carbons (Fsp3) is 0.150. The van der Waals surface area contributed by atoms with E-state index in [4.69, 9.17) is 16.0 Å². The fourth-order valence-electron chi connectivity index (χ4n) is 2.95. The van der Waals surface area contributed by atoms with Gasteiger partial charge in [0.25, 0.3) is 0 Å². The van der Waals surface area contributed by atoms with E-state index in [1.165, 1.54) is 15.9 Å². The minimum absolute atomic E-state index is 0.116. The molecule has 0 bridgehead atoms. The summed E-state index contributed by atoms with van der Waals surface area (Å²) < 4.78 is 6.68. The molecule has 0 atom stereocenters. The first-order valence-electron chi connectivity index (χ1n) is 8.62. The zero-order chi connectivity index (χ0) is 19.7. The molecule has 0 aliphatic carbocycles. The standard InChI is InChI=1S/C20H16ClN3O3S/c1-13-12-28-19(22-13)24(15-5-3-2-4-6-15)18(25)9-10-23-16-8-7-14(21)11-17(16)27-20(23)26/h2-8,11-12H,9-10H2,1H3. The lowest BCUT2D eigenvalue weighted by atomic mass is 10.2. The molecule has 0 N–H and O–H groups in total. The highest BCUT2D eigenvalue weighted by Gasteiger charge is 2.21. The van der Waals surface area contributed by atoms with Gasteiger partial charge in [0.05, 0.1) is 16.9 Å². The molecule has 2 aromatic heterocycles. The third-order valence-electron chi connectivity index (χ3n) is 4.24. The molecule has 0 radical (unpaired) electrons. The lowest BCUT2D eigenvalue weighted by molar-refractivity contribution is -0.118. The van der Waals surface area contributed by atoms with Gasteiger partial charge >= 0.3 is 5.76 Å². The smallest absolute Gasteiger partial charge is 0.408 e. The molecule has 0 spiro atoms. The molecule has 28 heavy (non-hydrogen) atoms. The van der Waals surface area contributed by atoms with Crippen molar-refractivity contribution >= 4 is 50.8 Å². The summed E-state index contributed by atoms with van der Waals surface area (Å²) in [5.41, 5.74) is 2.60. The van der Waals surface area contributed by atoms with Crippen LogP contribution in [0.1, 0.15) is 12.1 Å². The third-order valence-corrected chi connectivity index (χ3v) is 5.42. The predicted molar refractivity (Wildman–Crippen MR) is 111 cm³/mol. The maximum absolute atomic E-state index is 13.1. The number of para-hydroxylation sites is 1. The van der Waals surface area contributed by atoms with Gasteiger partial charge in [0.2, 0.25) is 5.91 Å². The molecule has 4 aromatic rings. The van der Waals surface area contributed by atoms with Gasteiger partial charge < -0.3 is 4.42 Å². The number of amides is 1. The van der Waals surface area contributed by atoms with Gasteiger partial charge in [-0.05, 0) is 31.2 Å². The van der Waals surface area contributed by atoms with E-state index in [9.17, 15) is 9.59 Å². The van der Waals surface area contributed by atoms with Gasteiger partial charge in [-0.25, -0.2) is 9.78 Å². The first kappa shape index (κ1) is 18.5. The number of aromatic nitrogens is 2. The summed E-state index contributed by atoms with van der Waals surface area (Å²) in [4.78, 5) is 31.3. The lowest BCUT2D eigenvalue weighted by Crippen LogP contribution is -2.28. The van der Waals surface area contributed by atoms with E-state index in [0.29, 0.717) is 21.3 Å². The Morgan fingerprint density at radius 1 is 1.25 bits per heavy atom. The van der Waals surface area contributed by atoms with Crippen LogP contribution in [0.4, 0.5) is 10.8 Å². The number of carbonyl (C=O) groups excluding carboxylic acids is 1. The molecule has 0 aliphatic heterocycles. The van der Waals surface area contributed by atoms with Gasteiger partial charge in [-0.3, -0.25) is 14.3 Å². The number of rotatable bonds is 5. The van der Waals surface area contributed by atoms with E-state index in [1.54, 1.807) is 23.1 Å². The molecule has 0 fully saturated rings. The van der Waals surface area contributed by atoms with Gasteiger partial charge in [0.1, 0.15) is 0 Å². The second kappa shape index (κ2) is 7.61. The second-order valence-corrected chi connectivity index (χ2v) is 7.49. The normalized spacial score (nSPS) is 11.1. The minimum Gasteiger partial charge on any atom is -0.408 e. The van der Waals surface area contributed by atoms with Crippen molar-refractivity contribution in [3.8, 4) is 0 Å². The van der Waals surface area contributed by atoms with Crippen LogP contribution in [-0.2, 0) is 11.3 Å². The average Bonchev–Trinajstić information content (AvgIpc) is 3.23. The summed E-state index contributed by atoms with van der Waals surface area (Å²) in [6.45, 7) is 2.08. The highest BCUT2D eigenvalue weighted by atomic mass is 35.5. The number of thiazole rings is 1. The van der Waals surface area contributed by atoms with Crippen LogP contribution in [-0.4, -0.2) is 15.5 Å². The van der Waals surface area contributed by atoms with Crippen LogP contribution < -0.4 is 10.7 Å². The molecule has 0 aliphatic rings. The van der Waals surface area contributed by atoms with Crippen LogP contribution in [0.15, 0.2) is 63.1 Å². The number of hydrogen-bond acceptors (Lipinski definition) is 5. The number of fused-ring (bicyclic) bond motifs is 1. The van der Waals surface area contributed by atoms with E-state index in [2.05, 4.69) is 4.98 Å². The van der Waals surface area contributed by atoms with Gasteiger partial charge in [-0.15, -0.1) is 11.3 Å². The Bertz CT molecular complexity index is 1200.